The van der Waals surface area contributed by atoms with Gasteiger partial charge in [0.25, 0.3) is 0 Å². The van der Waals surface area contributed by atoms with Crippen LogP contribution >= 0.6 is 0 Å². The molecule has 0 heteroatoms. The van der Waals surface area contributed by atoms with Crippen molar-refractivity contribution >= 4 is 0 Å². The van der Waals surface area contributed by atoms with Gasteiger partial charge < -0.3 is 0 Å². The first-order valence-corrected chi connectivity index (χ1v) is 10.2. The predicted molar refractivity (Wildman–Crippen MR) is 99.0 cm³/mol. The summed E-state index contributed by atoms with van der Waals surface area (Å²) in [5, 5.41) is 0. The van der Waals surface area contributed by atoms with Gasteiger partial charge in [0, 0.05) is 5.41 Å². The predicted octanol–water partition coefficient (Wildman–Crippen LogP) is 7.39. The quantitative estimate of drug-likeness (QED) is 0.477. The number of allylic oxidation sites excluding steroid dienone is 2. The fourth-order valence-electron chi connectivity index (χ4n) is 4.97. The van der Waals surface area contributed by atoms with Gasteiger partial charge in [0.15, 0.2) is 0 Å². The molecule has 0 aromatic carbocycles. The Morgan fingerprint density at radius 3 is 1.59 bits per heavy atom. The Kier molecular flexibility index (Phi) is 6.59. The maximum absolute atomic E-state index is 2.52. The van der Waals surface area contributed by atoms with E-state index in [1.165, 1.54) is 51.4 Å². The largest absolute Gasteiger partial charge is 0.0745 e. The lowest BCUT2D eigenvalue weighted by Gasteiger charge is -2.37. The van der Waals surface area contributed by atoms with Crippen molar-refractivity contribution in [1.82, 2.24) is 0 Å². The second-order valence-electron chi connectivity index (χ2n) is 8.83. The van der Waals surface area contributed by atoms with Crippen molar-refractivity contribution in [3.63, 3.8) is 0 Å². The third kappa shape index (κ3) is 4.62. The summed E-state index contributed by atoms with van der Waals surface area (Å²) < 4.78 is 0. The Bertz CT molecular complexity index is 346. The molecule has 0 bridgehead atoms. The van der Waals surface area contributed by atoms with Crippen LogP contribution in [0.25, 0.3) is 0 Å². The van der Waals surface area contributed by atoms with Gasteiger partial charge >= 0.3 is 0 Å². The molecule has 2 saturated carbocycles. The fraction of sp³-hybridized carbons (Fsp3) is 0.909. The average Bonchev–Trinajstić information content (AvgIpc) is 3.17. The van der Waals surface area contributed by atoms with E-state index in [-0.39, 0.29) is 0 Å². The van der Waals surface area contributed by atoms with Gasteiger partial charge in [-0.05, 0) is 62.2 Å². The number of hydrogen-bond donors (Lipinski definition) is 0. The van der Waals surface area contributed by atoms with Gasteiger partial charge in [0.1, 0.15) is 0 Å². The van der Waals surface area contributed by atoms with Crippen LogP contribution < -0.4 is 0 Å². The van der Waals surface area contributed by atoms with Crippen LogP contribution in [0.4, 0.5) is 0 Å². The number of hydrogen-bond acceptors (Lipinski definition) is 0. The standard InChI is InChI=1S/C19H32.C3H8/c1-4-14-5-7-15(8-6-14)16-9-11-17(12-10-16)18-13-19(18,2)3;1-3-2/h13-17H,4-12H2,1-3H3;3H2,1-2H3. The highest BCUT2D eigenvalue weighted by Crippen LogP contribution is 2.53. The molecule has 0 radical (unpaired) electrons. The molecule has 0 atom stereocenters. The second-order valence-corrected chi connectivity index (χ2v) is 8.83. The maximum atomic E-state index is 2.52. The third-order valence-electron chi connectivity index (χ3n) is 6.52. The molecule has 0 nitrogen and oxygen atoms in total. The third-order valence-corrected chi connectivity index (χ3v) is 6.52. The van der Waals surface area contributed by atoms with Crippen molar-refractivity contribution in [3.05, 3.63) is 11.6 Å². The van der Waals surface area contributed by atoms with Gasteiger partial charge in [0.05, 0.1) is 0 Å². The van der Waals surface area contributed by atoms with Crippen molar-refractivity contribution in [1.29, 1.82) is 0 Å². The molecular weight excluding hydrogens is 264 g/mol. The van der Waals surface area contributed by atoms with Gasteiger partial charge in [-0.15, -0.1) is 0 Å². The summed E-state index contributed by atoms with van der Waals surface area (Å²) >= 11 is 0. The lowest BCUT2D eigenvalue weighted by Crippen LogP contribution is -2.26. The van der Waals surface area contributed by atoms with Crippen LogP contribution in [-0.2, 0) is 0 Å². The summed E-state index contributed by atoms with van der Waals surface area (Å²) in [5.74, 6) is 4.18. The van der Waals surface area contributed by atoms with E-state index in [4.69, 9.17) is 0 Å². The molecule has 0 saturated heterocycles. The van der Waals surface area contributed by atoms with Crippen LogP contribution in [0.15, 0.2) is 11.6 Å². The highest BCUT2D eigenvalue weighted by Gasteiger charge is 2.41. The van der Waals surface area contributed by atoms with Crippen molar-refractivity contribution in [2.45, 2.75) is 98.8 Å². The van der Waals surface area contributed by atoms with Gasteiger partial charge in [-0.1, -0.05) is 72.0 Å². The van der Waals surface area contributed by atoms with E-state index in [0.717, 1.165) is 23.7 Å². The Morgan fingerprint density at radius 2 is 1.23 bits per heavy atom. The summed E-state index contributed by atoms with van der Waals surface area (Å²) in [6.07, 6.45) is 17.4. The van der Waals surface area contributed by atoms with Crippen LogP contribution in [0.1, 0.15) is 98.8 Å². The first kappa shape index (κ1) is 18.1. The van der Waals surface area contributed by atoms with Crippen molar-refractivity contribution in [2.75, 3.05) is 0 Å². The summed E-state index contributed by atoms with van der Waals surface area (Å²) in [6, 6.07) is 0. The van der Waals surface area contributed by atoms with E-state index in [1.54, 1.807) is 18.4 Å². The topological polar surface area (TPSA) is 0 Å². The first-order chi connectivity index (χ1) is 10.5. The van der Waals surface area contributed by atoms with E-state index >= 15 is 0 Å². The Morgan fingerprint density at radius 1 is 0.818 bits per heavy atom. The molecule has 3 aliphatic rings. The Labute approximate surface area is 140 Å². The first-order valence-electron chi connectivity index (χ1n) is 10.2. The molecule has 22 heavy (non-hydrogen) atoms. The minimum atomic E-state index is 0.497. The molecule has 2 fully saturated rings. The molecule has 0 aliphatic heterocycles. The van der Waals surface area contributed by atoms with Gasteiger partial charge in [-0.25, -0.2) is 0 Å². The zero-order valence-electron chi connectivity index (χ0n) is 16.0. The zero-order valence-corrected chi connectivity index (χ0v) is 16.0. The van der Waals surface area contributed by atoms with Crippen LogP contribution in [0.3, 0.4) is 0 Å². The Balaban J connectivity index is 0.000000545. The highest BCUT2D eigenvalue weighted by atomic mass is 14.5. The van der Waals surface area contributed by atoms with Crippen LogP contribution in [-0.4, -0.2) is 0 Å². The summed E-state index contributed by atoms with van der Waals surface area (Å²) in [7, 11) is 0. The summed E-state index contributed by atoms with van der Waals surface area (Å²) in [6.45, 7) is 11.4. The molecule has 3 rings (SSSR count). The van der Waals surface area contributed by atoms with E-state index in [2.05, 4.69) is 40.7 Å². The number of rotatable bonds is 3. The van der Waals surface area contributed by atoms with E-state index in [1.807, 2.05) is 0 Å². The van der Waals surface area contributed by atoms with Crippen LogP contribution in [0.2, 0.25) is 0 Å². The van der Waals surface area contributed by atoms with E-state index in [9.17, 15) is 0 Å². The van der Waals surface area contributed by atoms with Crippen molar-refractivity contribution in [2.24, 2.45) is 29.1 Å². The lowest BCUT2D eigenvalue weighted by molar-refractivity contribution is 0.151. The molecule has 0 spiro atoms. The zero-order chi connectivity index (χ0) is 16.2. The molecule has 128 valence electrons. The van der Waals surface area contributed by atoms with Gasteiger partial charge in [-0.3, -0.25) is 0 Å². The summed E-state index contributed by atoms with van der Waals surface area (Å²) in [5.41, 5.74) is 2.29. The summed E-state index contributed by atoms with van der Waals surface area (Å²) in [4.78, 5) is 0. The van der Waals surface area contributed by atoms with Gasteiger partial charge in [0.2, 0.25) is 0 Å². The smallest absolute Gasteiger partial charge is 0.00404 e. The SMILES string of the molecule is CCC.CCC1CCC(C2CCC(C3=CC3(C)C)CC2)CC1. The molecular formula is C22H40. The normalized spacial score (nSPS) is 36.9. The molecule has 0 aromatic heterocycles. The lowest BCUT2D eigenvalue weighted by atomic mass is 9.68. The van der Waals surface area contributed by atoms with Crippen molar-refractivity contribution in [3.8, 4) is 0 Å². The second kappa shape index (κ2) is 8.02. The maximum Gasteiger partial charge on any atom is 0.00404 e. The molecule has 0 amide bonds. The fourth-order valence-corrected chi connectivity index (χ4v) is 4.97. The van der Waals surface area contributed by atoms with Gasteiger partial charge in [-0.2, -0.15) is 0 Å². The highest BCUT2D eigenvalue weighted by molar-refractivity contribution is 5.38. The molecule has 3 aliphatic carbocycles. The Hall–Kier alpha value is -0.260. The monoisotopic (exact) mass is 304 g/mol. The molecule has 0 unspecified atom stereocenters. The average molecular weight is 305 g/mol. The minimum absolute atomic E-state index is 0.497. The van der Waals surface area contributed by atoms with Crippen molar-refractivity contribution < 1.29 is 0 Å². The van der Waals surface area contributed by atoms with E-state index in [0.29, 0.717) is 5.41 Å². The minimum Gasteiger partial charge on any atom is -0.0745 e. The van der Waals surface area contributed by atoms with Crippen LogP contribution in [0, 0.1) is 29.1 Å². The molecule has 0 aromatic rings. The van der Waals surface area contributed by atoms with Crippen LogP contribution in [0.5, 0.6) is 0 Å². The molecule has 0 heterocycles. The van der Waals surface area contributed by atoms with E-state index < -0.39 is 0 Å². The molecule has 0 N–H and O–H groups in total.